The van der Waals surface area contributed by atoms with Gasteiger partial charge in [0, 0.05) is 28.6 Å². The Morgan fingerprint density at radius 1 is 1.13 bits per heavy atom. The van der Waals surface area contributed by atoms with Crippen LogP contribution in [-0.4, -0.2) is 11.8 Å². The Balaban J connectivity index is 1.60. The van der Waals surface area contributed by atoms with Crippen molar-refractivity contribution >= 4 is 40.4 Å². The molecule has 1 aliphatic rings. The summed E-state index contributed by atoms with van der Waals surface area (Å²) < 4.78 is 0. The molecule has 2 heterocycles. The number of halogens is 1. The van der Waals surface area contributed by atoms with Crippen LogP contribution in [0, 0.1) is 12.8 Å². The maximum Gasteiger partial charge on any atom is 0.227 e. The Morgan fingerprint density at radius 3 is 2.53 bits per heavy atom. The second-order valence-corrected chi connectivity index (χ2v) is 8.96. The van der Waals surface area contributed by atoms with Crippen molar-refractivity contribution in [2.75, 3.05) is 4.90 Å². The van der Waals surface area contributed by atoms with E-state index in [0.29, 0.717) is 24.4 Å². The van der Waals surface area contributed by atoms with Crippen molar-refractivity contribution in [2.24, 2.45) is 5.92 Å². The van der Waals surface area contributed by atoms with E-state index in [-0.39, 0.29) is 23.8 Å². The van der Waals surface area contributed by atoms with E-state index in [9.17, 15) is 9.59 Å². The smallest absolute Gasteiger partial charge is 0.227 e. The molecule has 0 radical (unpaired) electrons. The maximum absolute atomic E-state index is 13.2. The lowest BCUT2D eigenvalue weighted by Crippen LogP contribution is -2.48. The average molecular weight is 439 g/mol. The number of thiophene rings is 1. The van der Waals surface area contributed by atoms with Crippen LogP contribution in [0.2, 0.25) is 5.02 Å². The molecule has 2 unspecified atom stereocenters. The second-order valence-electron chi connectivity index (χ2n) is 7.55. The standard InChI is InChI=1S/C24H23ClN2O2S/c1-16-4-10-19(11-5-16)27-22(28)13-12-20(23(27)21-3-2-14-30-21)24(29)26-15-17-6-8-18(25)9-7-17/h2-11,14,20,23H,12-13,15H2,1H3,(H,26,29). The number of anilines is 1. The minimum absolute atomic E-state index is 0.0343. The molecule has 3 aromatic rings. The van der Waals surface area contributed by atoms with Crippen LogP contribution < -0.4 is 10.2 Å². The van der Waals surface area contributed by atoms with Crippen LogP contribution in [0.1, 0.15) is 34.9 Å². The minimum Gasteiger partial charge on any atom is -0.352 e. The fraction of sp³-hybridized carbons (Fsp3) is 0.250. The first-order valence-corrected chi connectivity index (χ1v) is 11.2. The molecule has 4 nitrogen and oxygen atoms in total. The predicted octanol–water partition coefficient (Wildman–Crippen LogP) is 5.51. The largest absolute Gasteiger partial charge is 0.352 e. The van der Waals surface area contributed by atoms with Gasteiger partial charge in [-0.1, -0.05) is 47.5 Å². The summed E-state index contributed by atoms with van der Waals surface area (Å²) in [6, 6.07) is 19.0. The summed E-state index contributed by atoms with van der Waals surface area (Å²) in [5.41, 5.74) is 2.95. The Kier molecular flexibility index (Phi) is 6.21. The summed E-state index contributed by atoms with van der Waals surface area (Å²) in [6.45, 7) is 2.45. The number of benzene rings is 2. The molecule has 1 aromatic heterocycles. The number of carbonyl (C=O) groups excluding carboxylic acids is 2. The van der Waals surface area contributed by atoms with Crippen molar-refractivity contribution in [1.82, 2.24) is 5.32 Å². The molecule has 0 aliphatic carbocycles. The lowest BCUT2D eigenvalue weighted by molar-refractivity contribution is -0.129. The van der Waals surface area contributed by atoms with E-state index < -0.39 is 0 Å². The molecule has 0 bridgehead atoms. The molecule has 2 amide bonds. The molecule has 6 heteroatoms. The van der Waals surface area contributed by atoms with Gasteiger partial charge in [0.2, 0.25) is 11.8 Å². The van der Waals surface area contributed by atoms with Crippen molar-refractivity contribution in [2.45, 2.75) is 32.4 Å². The fourth-order valence-corrected chi connectivity index (χ4v) is 4.89. The first-order chi connectivity index (χ1) is 14.5. The zero-order valence-corrected chi connectivity index (χ0v) is 18.2. The number of nitrogens with one attached hydrogen (secondary N) is 1. The van der Waals surface area contributed by atoms with Gasteiger partial charge in [-0.05, 0) is 54.6 Å². The molecule has 2 atom stereocenters. The molecule has 1 fully saturated rings. The van der Waals surface area contributed by atoms with Gasteiger partial charge >= 0.3 is 0 Å². The van der Waals surface area contributed by atoms with E-state index in [1.165, 1.54) is 0 Å². The van der Waals surface area contributed by atoms with Crippen LogP contribution in [0.3, 0.4) is 0 Å². The summed E-state index contributed by atoms with van der Waals surface area (Å²) in [6.07, 6.45) is 0.894. The molecule has 30 heavy (non-hydrogen) atoms. The second kappa shape index (κ2) is 9.02. The molecule has 4 rings (SSSR count). The van der Waals surface area contributed by atoms with Crippen LogP contribution in [0.4, 0.5) is 5.69 Å². The molecule has 1 N–H and O–H groups in total. The number of aryl methyl sites for hydroxylation is 1. The molecule has 1 saturated heterocycles. The SMILES string of the molecule is Cc1ccc(N2C(=O)CCC(C(=O)NCc3ccc(Cl)cc3)C2c2cccs2)cc1. The van der Waals surface area contributed by atoms with Crippen molar-refractivity contribution in [3.63, 3.8) is 0 Å². The van der Waals surface area contributed by atoms with Gasteiger partial charge in [0.1, 0.15) is 0 Å². The molecule has 0 spiro atoms. The molecule has 154 valence electrons. The lowest BCUT2D eigenvalue weighted by Gasteiger charge is -2.40. The zero-order chi connectivity index (χ0) is 21.1. The van der Waals surface area contributed by atoms with Crippen molar-refractivity contribution < 1.29 is 9.59 Å². The third-order valence-electron chi connectivity index (χ3n) is 5.46. The van der Waals surface area contributed by atoms with Crippen LogP contribution in [0.15, 0.2) is 66.0 Å². The van der Waals surface area contributed by atoms with E-state index in [0.717, 1.165) is 21.7 Å². The Hall–Kier alpha value is -2.63. The molecular formula is C24H23ClN2O2S. The molecular weight excluding hydrogens is 416 g/mol. The summed E-state index contributed by atoms with van der Waals surface area (Å²) in [4.78, 5) is 29.0. The summed E-state index contributed by atoms with van der Waals surface area (Å²) in [5, 5.41) is 5.72. The normalized spacial score (nSPS) is 19.0. The van der Waals surface area contributed by atoms with Gasteiger partial charge in [-0.3, -0.25) is 9.59 Å². The van der Waals surface area contributed by atoms with E-state index in [2.05, 4.69) is 5.32 Å². The first-order valence-electron chi connectivity index (χ1n) is 9.97. The van der Waals surface area contributed by atoms with Crippen LogP contribution in [0.25, 0.3) is 0 Å². The highest BCUT2D eigenvalue weighted by Crippen LogP contribution is 2.41. The zero-order valence-electron chi connectivity index (χ0n) is 16.7. The highest BCUT2D eigenvalue weighted by atomic mass is 35.5. The monoisotopic (exact) mass is 438 g/mol. The van der Waals surface area contributed by atoms with E-state index in [4.69, 9.17) is 11.6 Å². The van der Waals surface area contributed by atoms with Gasteiger partial charge in [-0.2, -0.15) is 0 Å². The summed E-state index contributed by atoms with van der Waals surface area (Å²) in [5.74, 6) is -0.290. The molecule has 1 aliphatic heterocycles. The molecule has 0 saturated carbocycles. The van der Waals surface area contributed by atoms with Crippen molar-refractivity contribution in [3.8, 4) is 0 Å². The highest BCUT2D eigenvalue weighted by Gasteiger charge is 2.41. The van der Waals surface area contributed by atoms with Gasteiger partial charge < -0.3 is 10.2 Å². The van der Waals surface area contributed by atoms with Crippen LogP contribution in [-0.2, 0) is 16.1 Å². The number of nitrogens with zero attached hydrogens (tertiary/aromatic N) is 1. The van der Waals surface area contributed by atoms with E-state index in [1.54, 1.807) is 16.2 Å². The first kappa shape index (κ1) is 20.6. The summed E-state index contributed by atoms with van der Waals surface area (Å²) in [7, 11) is 0. The quantitative estimate of drug-likeness (QED) is 0.570. The third kappa shape index (κ3) is 4.42. The number of hydrogen-bond donors (Lipinski definition) is 1. The number of amides is 2. The highest BCUT2D eigenvalue weighted by molar-refractivity contribution is 7.10. The number of piperidine rings is 1. The van der Waals surface area contributed by atoms with Gasteiger partial charge in [-0.15, -0.1) is 11.3 Å². The average Bonchev–Trinajstić information content (AvgIpc) is 3.28. The van der Waals surface area contributed by atoms with E-state index in [1.807, 2.05) is 73.0 Å². The lowest BCUT2D eigenvalue weighted by atomic mass is 9.86. The number of carbonyl (C=O) groups is 2. The van der Waals surface area contributed by atoms with Gasteiger partial charge in [0.15, 0.2) is 0 Å². The predicted molar refractivity (Wildman–Crippen MR) is 122 cm³/mol. The van der Waals surface area contributed by atoms with Crippen molar-refractivity contribution in [1.29, 1.82) is 0 Å². The minimum atomic E-state index is -0.310. The van der Waals surface area contributed by atoms with Crippen molar-refractivity contribution in [3.05, 3.63) is 87.1 Å². The number of rotatable bonds is 5. The van der Waals surface area contributed by atoms with E-state index >= 15 is 0 Å². The Morgan fingerprint density at radius 2 is 1.87 bits per heavy atom. The molecule has 2 aromatic carbocycles. The number of hydrogen-bond acceptors (Lipinski definition) is 3. The topological polar surface area (TPSA) is 49.4 Å². The fourth-order valence-electron chi connectivity index (χ4n) is 3.88. The van der Waals surface area contributed by atoms with Gasteiger partial charge in [-0.25, -0.2) is 0 Å². The maximum atomic E-state index is 13.2. The van der Waals surface area contributed by atoms with Crippen LogP contribution >= 0.6 is 22.9 Å². The third-order valence-corrected chi connectivity index (χ3v) is 6.66. The van der Waals surface area contributed by atoms with Gasteiger partial charge in [0.05, 0.1) is 12.0 Å². The summed E-state index contributed by atoms with van der Waals surface area (Å²) >= 11 is 7.53. The van der Waals surface area contributed by atoms with Crippen LogP contribution in [0.5, 0.6) is 0 Å². The Labute approximate surface area is 185 Å². The Bertz CT molecular complexity index is 1020. The van der Waals surface area contributed by atoms with Gasteiger partial charge in [0.25, 0.3) is 0 Å².